The molecule has 0 saturated heterocycles. The highest BCUT2D eigenvalue weighted by Crippen LogP contribution is 2.25. The molecule has 4 aromatic carbocycles. The number of benzene rings is 4. The number of carbonyl (C=O) groups excluding carboxylic acids is 1. The summed E-state index contributed by atoms with van der Waals surface area (Å²) in [6.45, 7) is 2.08. The van der Waals surface area contributed by atoms with Gasteiger partial charge in [-0.3, -0.25) is 4.79 Å². The van der Waals surface area contributed by atoms with Gasteiger partial charge < -0.3 is 10.4 Å². The minimum Gasteiger partial charge on any atom is -0.508 e. The summed E-state index contributed by atoms with van der Waals surface area (Å²) in [5.41, 5.74) is 6.68. The molecule has 4 rings (SSSR count). The molecule has 0 spiro atoms. The number of aryl methyl sites for hydroxylation is 1. The van der Waals surface area contributed by atoms with Crippen LogP contribution < -0.4 is 5.32 Å². The molecule has 0 aliphatic rings. The molecule has 2 N–H and O–H groups in total. The molecule has 160 valence electrons. The van der Waals surface area contributed by atoms with Crippen LogP contribution in [0, 0.1) is 18.8 Å². The largest absolute Gasteiger partial charge is 0.508 e. The molecule has 0 radical (unpaired) electrons. The van der Waals surface area contributed by atoms with E-state index in [9.17, 15) is 9.90 Å². The van der Waals surface area contributed by atoms with Gasteiger partial charge in [0.25, 0.3) is 5.91 Å². The van der Waals surface area contributed by atoms with Crippen LogP contribution in [0.1, 0.15) is 27.0 Å². The molecular formula is C30H23NO2. The molecular weight excluding hydrogens is 406 g/mol. The van der Waals surface area contributed by atoms with Crippen molar-refractivity contribution >= 4 is 17.7 Å². The van der Waals surface area contributed by atoms with E-state index < -0.39 is 0 Å². The van der Waals surface area contributed by atoms with Crippen LogP contribution >= 0.6 is 0 Å². The maximum absolute atomic E-state index is 12.4. The van der Waals surface area contributed by atoms with Crippen LogP contribution in [-0.4, -0.2) is 11.0 Å². The van der Waals surface area contributed by atoms with E-state index in [1.807, 2.05) is 36.4 Å². The molecule has 3 nitrogen and oxygen atoms in total. The molecule has 0 saturated carbocycles. The topological polar surface area (TPSA) is 49.3 Å². The number of phenols is 1. The fourth-order valence-corrected chi connectivity index (χ4v) is 3.35. The van der Waals surface area contributed by atoms with Crippen molar-refractivity contribution in [2.24, 2.45) is 0 Å². The van der Waals surface area contributed by atoms with Gasteiger partial charge >= 0.3 is 0 Å². The maximum atomic E-state index is 12.4. The first kappa shape index (κ1) is 21.7. The van der Waals surface area contributed by atoms with Gasteiger partial charge in [0.1, 0.15) is 5.75 Å². The van der Waals surface area contributed by atoms with Crippen LogP contribution in [0.2, 0.25) is 0 Å². The third-order valence-electron chi connectivity index (χ3n) is 5.16. The Morgan fingerprint density at radius 1 is 0.848 bits per heavy atom. The predicted octanol–water partition coefficient (Wildman–Crippen LogP) is 6.68. The number of hydrogen-bond donors (Lipinski definition) is 2. The van der Waals surface area contributed by atoms with E-state index in [2.05, 4.69) is 60.5 Å². The smallest absolute Gasteiger partial charge is 0.255 e. The van der Waals surface area contributed by atoms with Gasteiger partial charge in [-0.25, -0.2) is 0 Å². The van der Waals surface area contributed by atoms with Gasteiger partial charge in [0.2, 0.25) is 0 Å². The fourth-order valence-electron chi connectivity index (χ4n) is 3.35. The molecule has 1 amide bonds. The maximum Gasteiger partial charge on any atom is 0.255 e. The van der Waals surface area contributed by atoms with Gasteiger partial charge in [-0.2, -0.15) is 0 Å². The van der Waals surface area contributed by atoms with E-state index in [1.165, 1.54) is 28.8 Å². The lowest BCUT2D eigenvalue weighted by atomic mass is 9.98. The van der Waals surface area contributed by atoms with Gasteiger partial charge in [-0.1, -0.05) is 65.9 Å². The summed E-state index contributed by atoms with van der Waals surface area (Å²) >= 11 is 0. The second-order valence-corrected chi connectivity index (χ2v) is 7.63. The van der Waals surface area contributed by atoms with Crippen molar-refractivity contribution in [3.63, 3.8) is 0 Å². The molecule has 0 unspecified atom stereocenters. The SMILES string of the molecule is Cc1ccc(-c2ccccc2C=CC#Cc2ccc(C(=O)Nc3ccc(O)cc3)cc2)cc1. The molecule has 0 atom stereocenters. The van der Waals surface area contributed by atoms with Gasteiger partial charge in [-0.15, -0.1) is 0 Å². The molecule has 0 heterocycles. The fraction of sp³-hybridized carbons (Fsp3) is 0.0333. The summed E-state index contributed by atoms with van der Waals surface area (Å²) < 4.78 is 0. The highest BCUT2D eigenvalue weighted by atomic mass is 16.3. The molecule has 0 aliphatic carbocycles. The summed E-state index contributed by atoms with van der Waals surface area (Å²) in [4.78, 5) is 12.4. The predicted molar refractivity (Wildman–Crippen MR) is 135 cm³/mol. The number of phenolic OH excluding ortho intramolecular Hbond substituents is 1. The van der Waals surface area contributed by atoms with Crippen LogP contribution in [0.15, 0.2) is 103 Å². The Morgan fingerprint density at radius 3 is 2.27 bits per heavy atom. The lowest BCUT2D eigenvalue weighted by molar-refractivity contribution is 0.102. The zero-order chi connectivity index (χ0) is 23.0. The van der Waals surface area contributed by atoms with E-state index in [1.54, 1.807) is 24.3 Å². The number of allylic oxidation sites excluding steroid dienone is 1. The number of aromatic hydroxyl groups is 1. The van der Waals surface area contributed by atoms with E-state index in [0.717, 1.165) is 11.1 Å². The number of nitrogens with one attached hydrogen (secondary N) is 1. The van der Waals surface area contributed by atoms with Gasteiger partial charge in [0.05, 0.1) is 0 Å². The van der Waals surface area contributed by atoms with Gasteiger partial charge in [0.15, 0.2) is 0 Å². The Labute approximate surface area is 194 Å². The van der Waals surface area contributed by atoms with Crippen LogP contribution in [0.4, 0.5) is 5.69 Å². The van der Waals surface area contributed by atoms with Crippen molar-refractivity contribution in [1.29, 1.82) is 0 Å². The van der Waals surface area contributed by atoms with Crippen molar-refractivity contribution in [3.05, 3.63) is 125 Å². The Hall–Kier alpha value is -4.55. The van der Waals surface area contributed by atoms with Crippen LogP contribution in [0.3, 0.4) is 0 Å². The number of amides is 1. The zero-order valence-electron chi connectivity index (χ0n) is 18.2. The minimum absolute atomic E-state index is 0.156. The number of hydrogen-bond acceptors (Lipinski definition) is 2. The zero-order valence-corrected chi connectivity index (χ0v) is 18.2. The Morgan fingerprint density at radius 2 is 1.55 bits per heavy atom. The normalized spacial score (nSPS) is 10.5. The molecule has 0 fully saturated rings. The summed E-state index contributed by atoms with van der Waals surface area (Å²) in [6.07, 6.45) is 3.86. The second kappa shape index (κ2) is 10.2. The molecule has 33 heavy (non-hydrogen) atoms. The minimum atomic E-state index is -0.215. The highest BCUT2D eigenvalue weighted by molar-refractivity contribution is 6.04. The summed E-state index contributed by atoms with van der Waals surface area (Å²) in [7, 11) is 0. The average Bonchev–Trinajstić information content (AvgIpc) is 2.84. The first-order chi connectivity index (χ1) is 16.1. The van der Waals surface area contributed by atoms with Crippen molar-refractivity contribution in [2.75, 3.05) is 5.32 Å². The van der Waals surface area contributed by atoms with Crippen molar-refractivity contribution in [1.82, 2.24) is 0 Å². The van der Waals surface area contributed by atoms with Crippen LogP contribution in [0.25, 0.3) is 17.2 Å². The monoisotopic (exact) mass is 429 g/mol. The Bertz CT molecular complexity index is 1340. The molecule has 0 bridgehead atoms. The Balaban J connectivity index is 1.43. The molecule has 0 aromatic heterocycles. The lowest BCUT2D eigenvalue weighted by Gasteiger charge is -2.06. The Kier molecular flexibility index (Phi) is 6.68. The third-order valence-corrected chi connectivity index (χ3v) is 5.16. The summed E-state index contributed by atoms with van der Waals surface area (Å²) in [6, 6.07) is 30.2. The van der Waals surface area contributed by atoms with Crippen molar-refractivity contribution < 1.29 is 9.90 Å². The highest BCUT2D eigenvalue weighted by Gasteiger charge is 2.06. The summed E-state index contributed by atoms with van der Waals surface area (Å²) in [5, 5.41) is 12.1. The third kappa shape index (κ3) is 5.78. The molecule has 3 heteroatoms. The van der Waals surface area contributed by atoms with E-state index in [4.69, 9.17) is 0 Å². The molecule has 0 aliphatic heterocycles. The number of anilines is 1. The lowest BCUT2D eigenvalue weighted by Crippen LogP contribution is -2.11. The van der Waals surface area contributed by atoms with Crippen molar-refractivity contribution in [2.45, 2.75) is 6.92 Å². The van der Waals surface area contributed by atoms with Crippen LogP contribution in [-0.2, 0) is 0 Å². The van der Waals surface area contributed by atoms with E-state index in [0.29, 0.717) is 11.3 Å². The van der Waals surface area contributed by atoms with Gasteiger partial charge in [-0.05, 0) is 84.3 Å². The van der Waals surface area contributed by atoms with Gasteiger partial charge in [0, 0.05) is 16.8 Å². The number of carbonyl (C=O) groups is 1. The van der Waals surface area contributed by atoms with Crippen LogP contribution in [0.5, 0.6) is 5.75 Å². The summed E-state index contributed by atoms with van der Waals surface area (Å²) in [5.74, 6) is 6.13. The van der Waals surface area contributed by atoms with E-state index in [-0.39, 0.29) is 11.7 Å². The first-order valence-electron chi connectivity index (χ1n) is 10.6. The van der Waals surface area contributed by atoms with E-state index >= 15 is 0 Å². The quantitative estimate of drug-likeness (QED) is 0.281. The standard InChI is InChI=1S/C30H23NO2/c1-22-10-14-25(15-11-22)29-9-5-4-8-24(29)7-3-2-6-23-12-16-26(17-13-23)30(33)31-27-18-20-28(32)21-19-27/h3-5,7-21,32H,1H3,(H,31,33). The molecule has 4 aromatic rings. The average molecular weight is 430 g/mol. The number of rotatable bonds is 4. The second-order valence-electron chi connectivity index (χ2n) is 7.63. The van der Waals surface area contributed by atoms with Crippen molar-refractivity contribution in [3.8, 4) is 28.7 Å². The first-order valence-corrected chi connectivity index (χ1v) is 10.6.